The highest BCUT2D eigenvalue weighted by molar-refractivity contribution is 5.98. The summed E-state index contributed by atoms with van der Waals surface area (Å²) >= 11 is 0. The highest BCUT2D eigenvalue weighted by Crippen LogP contribution is 2.32. The second kappa shape index (κ2) is 8.68. The number of rotatable bonds is 8. The quantitative estimate of drug-likeness (QED) is 0.739. The number of hydrogen-bond donors (Lipinski definition) is 1. The summed E-state index contributed by atoms with van der Waals surface area (Å²) in [5.41, 5.74) is 1.79. The molecule has 1 aliphatic rings. The van der Waals surface area contributed by atoms with Crippen LogP contribution in [0.25, 0.3) is 0 Å². The standard InChI is InChI=1S/C18H26N2O4/c1-13(2)23-10-4-8-19-17(21)7-9-20-15-11-14(3)5-6-16(15)24-12-18(20)22/h5-6,11,13H,4,7-10,12H2,1-3H3,(H,19,21). The number of fused-ring (bicyclic) bond motifs is 1. The Kier molecular flexibility index (Phi) is 6.61. The van der Waals surface area contributed by atoms with Crippen LogP contribution in [0, 0.1) is 6.92 Å². The molecule has 0 bridgehead atoms. The topological polar surface area (TPSA) is 67.9 Å². The van der Waals surface area contributed by atoms with Crippen LogP contribution in [0.4, 0.5) is 5.69 Å². The zero-order valence-electron chi connectivity index (χ0n) is 14.6. The van der Waals surface area contributed by atoms with E-state index in [2.05, 4.69) is 5.32 Å². The van der Waals surface area contributed by atoms with Crippen molar-refractivity contribution >= 4 is 17.5 Å². The maximum atomic E-state index is 12.1. The van der Waals surface area contributed by atoms with E-state index in [4.69, 9.17) is 9.47 Å². The van der Waals surface area contributed by atoms with Crippen LogP contribution in [-0.2, 0) is 14.3 Å². The summed E-state index contributed by atoms with van der Waals surface area (Å²) in [6, 6.07) is 5.71. The number of nitrogens with one attached hydrogen (secondary N) is 1. The van der Waals surface area contributed by atoms with E-state index in [1.165, 1.54) is 0 Å². The molecular formula is C18H26N2O4. The molecule has 2 rings (SSSR count). The summed E-state index contributed by atoms with van der Waals surface area (Å²) in [6.45, 7) is 7.51. The molecule has 1 aromatic rings. The zero-order chi connectivity index (χ0) is 17.5. The lowest BCUT2D eigenvalue weighted by Gasteiger charge is -2.29. The van der Waals surface area contributed by atoms with Crippen LogP contribution >= 0.6 is 0 Å². The summed E-state index contributed by atoms with van der Waals surface area (Å²) in [4.78, 5) is 25.7. The van der Waals surface area contributed by atoms with E-state index in [0.29, 0.717) is 25.4 Å². The lowest BCUT2D eigenvalue weighted by Crippen LogP contribution is -2.41. The van der Waals surface area contributed by atoms with Gasteiger partial charge < -0.3 is 19.7 Å². The van der Waals surface area contributed by atoms with Crippen molar-refractivity contribution < 1.29 is 19.1 Å². The molecule has 132 valence electrons. The SMILES string of the molecule is Cc1ccc2c(c1)N(CCC(=O)NCCCOC(C)C)C(=O)CO2. The molecular weight excluding hydrogens is 308 g/mol. The average Bonchev–Trinajstić information content (AvgIpc) is 2.53. The molecule has 24 heavy (non-hydrogen) atoms. The molecule has 1 heterocycles. The number of aryl methyl sites for hydroxylation is 1. The van der Waals surface area contributed by atoms with Crippen LogP contribution in [-0.4, -0.2) is 44.2 Å². The van der Waals surface area contributed by atoms with Gasteiger partial charge in [0.15, 0.2) is 6.61 Å². The number of carbonyl (C=O) groups excluding carboxylic acids is 2. The first-order valence-electron chi connectivity index (χ1n) is 8.39. The minimum atomic E-state index is -0.119. The minimum absolute atomic E-state index is 0.0181. The summed E-state index contributed by atoms with van der Waals surface area (Å²) in [6.07, 6.45) is 1.25. The van der Waals surface area contributed by atoms with Crippen molar-refractivity contribution in [3.05, 3.63) is 23.8 Å². The van der Waals surface area contributed by atoms with E-state index in [-0.39, 0.29) is 30.9 Å². The summed E-state index contributed by atoms with van der Waals surface area (Å²) < 4.78 is 10.9. The molecule has 0 aromatic heterocycles. The monoisotopic (exact) mass is 334 g/mol. The number of amides is 2. The van der Waals surface area contributed by atoms with Crippen molar-refractivity contribution in [3.63, 3.8) is 0 Å². The molecule has 2 amide bonds. The fourth-order valence-electron chi connectivity index (χ4n) is 2.48. The Morgan fingerprint density at radius 3 is 2.96 bits per heavy atom. The zero-order valence-corrected chi connectivity index (χ0v) is 14.6. The first kappa shape index (κ1) is 18.3. The summed E-state index contributed by atoms with van der Waals surface area (Å²) in [5, 5.41) is 2.86. The molecule has 0 aliphatic carbocycles. The Hall–Kier alpha value is -2.08. The van der Waals surface area contributed by atoms with Gasteiger partial charge in [-0.2, -0.15) is 0 Å². The lowest BCUT2D eigenvalue weighted by molar-refractivity contribution is -0.122. The number of carbonyl (C=O) groups is 2. The van der Waals surface area contributed by atoms with Gasteiger partial charge in [0.2, 0.25) is 5.91 Å². The molecule has 6 nitrogen and oxygen atoms in total. The first-order valence-corrected chi connectivity index (χ1v) is 8.39. The van der Waals surface area contributed by atoms with Gasteiger partial charge in [0.05, 0.1) is 11.8 Å². The van der Waals surface area contributed by atoms with Gasteiger partial charge in [-0.05, 0) is 44.9 Å². The number of hydrogen-bond acceptors (Lipinski definition) is 4. The molecule has 0 spiro atoms. The van der Waals surface area contributed by atoms with E-state index in [9.17, 15) is 9.59 Å². The fourth-order valence-corrected chi connectivity index (χ4v) is 2.48. The van der Waals surface area contributed by atoms with Crippen molar-refractivity contribution in [2.45, 2.75) is 39.7 Å². The van der Waals surface area contributed by atoms with Crippen molar-refractivity contribution in [1.29, 1.82) is 0 Å². The van der Waals surface area contributed by atoms with Crippen molar-refractivity contribution in [3.8, 4) is 5.75 Å². The number of benzene rings is 1. The molecule has 1 aliphatic heterocycles. The van der Waals surface area contributed by atoms with Crippen molar-refractivity contribution in [2.75, 3.05) is 31.2 Å². The number of nitrogens with zero attached hydrogens (tertiary/aromatic N) is 1. The smallest absolute Gasteiger partial charge is 0.265 e. The van der Waals surface area contributed by atoms with Crippen LogP contribution in [0.5, 0.6) is 5.75 Å². The molecule has 0 saturated carbocycles. The molecule has 6 heteroatoms. The second-order valence-electron chi connectivity index (χ2n) is 6.18. The predicted octanol–water partition coefficient (Wildman–Crippen LogP) is 2.04. The van der Waals surface area contributed by atoms with E-state index < -0.39 is 0 Å². The molecule has 0 unspecified atom stereocenters. The molecule has 0 atom stereocenters. The van der Waals surface area contributed by atoms with Crippen LogP contribution in [0.3, 0.4) is 0 Å². The molecule has 0 fully saturated rings. The van der Waals surface area contributed by atoms with Gasteiger partial charge in [-0.15, -0.1) is 0 Å². The van der Waals surface area contributed by atoms with Crippen molar-refractivity contribution in [1.82, 2.24) is 5.32 Å². The number of anilines is 1. The third-order valence-corrected chi connectivity index (χ3v) is 3.71. The van der Waals surface area contributed by atoms with E-state index in [1.54, 1.807) is 4.90 Å². The Morgan fingerprint density at radius 2 is 2.21 bits per heavy atom. The Labute approximate surface area is 143 Å². The maximum absolute atomic E-state index is 12.1. The minimum Gasteiger partial charge on any atom is -0.482 e. The molecule has 1 N–H and O–H groups in total. The van der Waals surface area contributed by atoms with Gasteiger partial charge in [0.25, 0.3) is 5.91 Å². The second-order valence-corrected chi connectivity index (χ2v) is 6.18. The largest absolute Gasteiger partial charge is 0.482 e. The predicted molar refractivity (Wildman–Crippen MR) is 92.4 cm³/mol. The Bertz CT molecular complexity index is 586. The highest BCUT2D eigenvalue weighted by atomic mass is 16.5. The Balaban J connectivity index is 1.80. The summed E-state index contributed by atoms with van der Waals surface area (Å²) in [5.74, 6) is 0.505. The molecule has 0 saturated heterocycles. The van der Waals surface area contributed by atoms with Crippen molar-refractivity contribution in [2.24, 2.45) is 0 Å². The van der Waals surface area contributed by atoms with Gasteiger partial charge in [0.1, 0.15) is 5.75 Å². The normalized spacial score (nSPS) is 13.7. The first-order chi connectivity index (χ1) is 11.5. The van der Waals surface area contributed by atoms with Crippen LogP contribution in [0.15, 0.2) is 18.2 Å². The van der Waals surface area contributed by atoms with Gasteiger partial charge in [0, 0.05) is 26.1 Å². The van der Waals surface area contributed by atoms with E-state index >= 15 is 0 Å². The Morgan fingerprint density at radius 1 is 1.42 bits per heavy atom. The van der Waals surface area contributed by atoms with Crippen LogP contribution in [0.1, 0.15) is 32.3 Å². The average molecular weight is 334 g/mol. The summed E-state index contributed by atoms with van der Waals surface area (Å²) in [7, 11) is 0. The maximum Gasteiger partial charge on any atom is 0.265 e. The van der Waals surface area contributed by atoms with Gasteiger partial charge in [-0.3, -0.25) is 9.59 Å². The third-order valence-electron chi connectivity index (χ3n) is 3.71. The third kappa shape index (κ3) is 5.23. The fraction of sp³-hybridized carbons (Fsp3) is 0.556. The van der Waals surface area contributed by atoms with E-state index in [0.717, 1.165) is 17.7 Å². The van der Waals surface area contributed by atoms with Gasteiger partial charge >= 0.3 is 0 Å². The molecule has 0 radical (unpaired) electrons. The van der Waals surface area contributed by atoms with Gasteiger partial charge in [-0.1, -0.05) is 6.07 Å². The van der Waals surface area contributed by atoms with Crippen LogP contribution in [0.2, 0.25) is 0 Å². The molecule has 1 aromatic carbocycles. The van der Waals surface area contributed by atoms with Crippen LogP contribution < -0.4 is 15.0 Å². The highest BCUT2D eigenvalue weighted by Gasteiger charge is 2.25. The number of ether oxygens (including phenoxy) is 2. The lowest BCUT2D eigenvalue weighted by atomic mass is 10.1. The van der Waals surface area contributed by atoms with E-state index in [1.807, 2.05) is 39.0 Å². The van der Waals surface area contributed by atoms with Gasteiger partial charge in [-0.25, -0.2) is 0 Å².